The highest BCUT2D eigenvalue weighted by molar-refractivity contribution is 5.85. The second-order valence-electron chi connectivity index (χ2n) is 4.35. The van der Waals surface area contributed by atoms with Gasteiger partial charge in [0.15, 0.2) is 0 Å². The van der Waals surface area contributed by atoms with Crippen LogP contribution in [0.5, 0.6) is 0 Å². The van der Waals surface area contributed by atoms with Crippen molar-refractivity contribution in [3.63, 3.8) is 0 Å². The molecule has 1 saturated carbocycles. The van der Waals surface area contributed by atoms with E-state index >= 15 is 0 Å². The Hall–Kier alpha value is -0.320. The lowest BCUT2D eigenvalue weighted by molar-refractivity contribution is -0.126. The van der Waals surface area contributed by atoms with Crippen LogP contribution in [0.2, 0.25) is 0 Å². The molecule has 0 radical (unpaired) electrons. The van der Waals surface area contributed by atoms with Crippen LogP contribution >= 0.6 is 12.4 Å². The van der Waals surface area contributed by atoms with Crippen LogP contribution < -0.4 is 16.8 Å². The Morgan fingerprint density at radius 1 is 1.53 bits per heavy atom. The minimum atomic E-state index is 0. The molecule has 0 aromatic rings. The Bertz CT molecular complexity index is 199. The van der Waals surface area contributed by atoms with Crippen LogP contribution in [-0.2, 0) is 4.79 Å². The van der Waals surface area contributed by atoms with Gasteiger partial charge in [0.05, 0.1) is 0 Å². The first kappa shape index (κ1) is 14.7. The summed E-state index contributed by atoms with van der Waals surface area (Å²) >= 11 is 0. The van der Waals surface area contributed by atoms with Gasteiger partial charge in [-0.05, 0) is 26.2 Å². The van der Waals surface area contributed by atoms with Crippen molar-refractivity contribution >= 4 is 18.3 Å². The zero-order valence-corrected chi connectivity index (χ0v) is 10.1. The molecular formula is C10H22ClN3O. The molecule has 0 aromatic carbocycles. The summed E-state index contributed by atoms with van der Waals surface area (Å²) in [5.74, 6) is 0.231. The number of nitrogens with two attached hydrogens (primary N) is 2. The first-order valence-corrected chi connectivity index (χ1v) is 5.38. The maximum absolute atomic E-state index is 11.6. The van der Waals surface area contributed by atoms with Gasteiger partial charge in [-0.2, -0.15) is 0 Å². The zero-order valence-electron chi connectivity index (χ0n) is 9.24. The minimum Gasteiger partial charge on any atom is -0.354 e. The topological polar surface area (TPSA) is 81.1 Å². The number of nitrogens with one attached hydrogen (secondary N) is 1. The second-order valence-corrected chi connectivity index (χ2v) is 4.35. The molecule has 0 bridgehead atoms. The molecule has 0 saturated heterocycles. The van der Waals surface area contributed by atoms with Crippen LogP contribution in [0.25, 0.3) is 0 Å². The van der Waals surface area contributed by atoms with Gasteiger partial charge in [-0.25, -0.2) is 0 Å². The molecule has 5 N–H and O–H groups in total. The summed E-state index contributed by atoms with van der Waals surface area (Å²) in [5, 5.41) is 2.85. The molecule has 90 valence electrons. The predicted octanol–water partition coefficient (Wildman–Crippen LogP) is 0.389. The highest BCUT2D eigenvalue weighted by Gasteiger charge is 2.24. The number of carbonyl (C=O) groups excluding carboxylic acids is 1. The number of hydrogen-bond donors (Lipinski definition) is 3. The van der Waals surface area contributed by atoms with Crippen molar-refractivity contribution in [2.45, 2.75) is 44.7 Å². The maximum Gasteiger partial charge on any atom is 0.223 e. The standard InChI is InChI=1S/C10H21N3O.ClH/c1-7(11)6-13-10(14)8-3-2-4-9(12)5-8;/h7-9H,2-6,11-12H2,1H3,(H,13,14);1H. The molecule has 0 heterocycles. The van der Waals surface area contributed by atoms with Crippen molar-refractivity contribution in [1.82, 2.24) is 5.32 Å². The third-order valence-corrected chi connectivity index (χ3v) is 2.68. The molecular weight excluding hydrogens is 214 g/mol. The molecule has 1 rings (SSSR count). The van der Waals surface area contributed by atoms with Gasteiger partial charge in [-0.3, -0.25) is 4.79 Å². The largest absolute Gasteiger partial charge is 0.354 e. The van der Waals surface area contributed by atoms with Gasteiger partial charge in [0.1, 0.15) is 0 Å². The average molecular weight is 236 g/mol. The van der Waals surface area contributed by atoms with E-state index in [1.807, 2.05) is 6.92 Å². The van der Waals surface area contributed by atoms with Crippen molar-refractivity contribution in [2.75, 3.05) is 6.54 Å². The summed E-state index contributed by atoms with van der Waals surface area (Å²) in [7, 11) is 0. The molecule has 0 spiro atoms. The predicted molar refractivity (Wildman–Crippen MR) is 63.8 cm³/mol. The van der Waals surface area contributed by atoms with E-state index in [1.54, 1.807) is 0 Å². The Morgan fingerprint density at radius 2 is 2.20 bits per heavy atom. The molecule has 4 nitrogen and oxygen atoms in total. The van der Waals surface area contributed by atoms with Crippen LogP contribution in [0.3, 0.4) is 0 Å². The number of carbonyl (C=O) groups is 1. The molecule has 1 fully saturated rings. The SMILES string of the molecule is CC(N)CNC(=O)C1CCCC(N)C1.Cl. The van der Waals surface area contributed by atoms with Gasteiger partial charge >= 0.3 is 0 Å². The van der Waals surface area contributed by atoms with Crippen LogP contribution in [0, 0.1) is 5.92 Å². The molecule has 0 aliphatic heterocycles. The Morgan fingerprint density at radius 3 is 2.73 bits per heavy atom. The van der Waals surface area contributed by atoms with Crippen LogP contribution in [0.15, 0.2) is 0 Å². The summed E-state index contributed by atoms with van der Waals surface area (Å²) in [4.78, 5) is 11.6. The van der Waals surface area contributed by atoms with E-state index in [4.69, 9.17) is 11.5 Å². The van der Waals surface area contributed by atoms with Crippen molar-refractivity contribution in [3.05, 3.63) is 0 Å². The monoisotopic (exact) mass is 235 g/mol. The van der Waals surface area contributed by atoms with Crippen molar-refractivity contribution in [2.24, 2.45) is 17.4 Å². The lowest BCUT2D eigenvalue weighted by Crippen LogP contribution is -2.41. The van der Waals surface area contributed by atoms with Crippen LogP contribution in [-0.4, -0.2) is 24.5 Å². The second kappa shape index (κ2) is 7.04. The van der Waals surface area contributed by atoms with Crippen LogP contribution in [0.4, 0.5) is 0 Å². The van der Waals surface area contributed by atoms with E-state index in [9.17, 15) is 4.79 Å². The Balaban J connectivity index is 0.00000196. The highest BCUT2D eigenvalue weighted by atomic mass is 35.5. The van der Waals surface area contributed by atoms with Gasteiger partial charge in [0.25, 0.3) is 0 Å². The van der Waals surface area contributed by atoms with Gasteiger partial charge < -0.3 is 16.8 Å². The Labute approximate surface area is 97.6 Å². The molecule has 5 heteroatoms. The number of rotatable bonds is 3. The normalized spacial score (nSPS) is 27.7. The lowest BCUT2D eigenvalue weighted by Gasteiger charge is -2.25. The molecule has 1 aliphatic rings. The first-order chi connectivity index (χ1) is 6.59. The summed E-state index contributed by atoms with van der Waals surface area (Å²) in [6.45, 7) is 2.44. The zero-order chi connectivity index (χ0) is 10.6. The smallest absolute Gasteiger partial charge is 0.223 e. The van der Waals surface area contributed by atoms with Gasteiger partial charge in [0.2, 0.25) is 5.91 Å². The molecule has 0 aromatic heterocycles. The maximum atomic E-state index is 11.6. The lowest BCUT2D eigenvalue weighted by atomic mass is 9.85. The van der Waals surface area contributed by atoms with E-state index in [1.165, 1.54) is 0 Å². The molecule has 15 heavy (non-hydrogen) atoms. The van der Waals surface area contributed by atoms with E-state index < -0.39 is 0 Å². The number of halogens is 1. The summed E-state index contributed by atoms with van der Waals surface area (Å²) in [6, 6.07) is 0.228. The molecule has 3 unspecified atom stereocenters. The third kappa shape index (κ3) is 5.35. The average Bonchev–Trinajstić information content (AvgIpc) is 2.14. The van der Waals surface area contributed by atoms with Crippen molar-refractivity contribution in [1.29, 1.82) is 0 Å². The molecule has 1 amide bonds. The summed E-state index contributed by atoms with van der Waals surface area (Å²) < 4.78 is 0. The van der Waals surface area contributed by atoms with Crippen molar-refractivity contribution < 1.29 is 4.79 Å². The van der Waals surface area contributed by atoms with E-state index in [0.717, 1.165) is 25.7 Å². The number of amides is 1. The van der Waals surface area contributed by atoms with Gasteiger partial charge in [-0.15, -0.1) is 12.4 Å². The quantitative estimate of drug-likeness (QED) is 0.662. The van der Waals surface area contributed by atoms with E-state index in [-0.39, 0.29) is 36.3 Å². The van der Waals surface area contributed by atoms with Crippen LogP contribution in [0.1, 0.15) is 32.6 Å². The fourth-order valence-electron chi connectivity index (χ4n) is 1.87. The number of hydrogen-bond acceptors (Lipinski definition) is 3. The first-order valence-electron chi connectivity index (χ1n) is 5.38. The summed E-state index contributed by atoms with van der Waals surface area (Å²) in [6.07, 6.45) is 3.91. The minimum absolute atomic E-state index is 0. The van der Waals surface area contributed by atoms with E-state index in [0.29, 0.717) is 6.54 Å². The van der Waals surface area contributed by atoms with Crippen molar-refractivity contribution in [3.8, 4) is 0 Å². The fraction of sp³-hybridized carbons (Fsp3) is 0.900. The third-order valence-electron chi connectivity index (χ3n) is 2.68. The molecule has 1 aliphatic carbocycles. The van der Waals surface area contributed by atoms with Gasteiger partial charge in [-0.1, -0.05) is 6.42 Å². The van der Waals surface area contributed by atoms with E-state index in [2.05, 4.69) is 5.32 Å². The Kier molecular flexibility index (Phi) is 6.89. The summed E-state index contributed by atoms with van der Waals surface area (Å²) in [5.41, 5.74) is 11.4. The van der Waals surface area contributed by atoms with Gasteiger partial charge in [0, 0.05) is 24.5 Å². The highest BCUT2D eigenvalue weighted by Crippen LogP contribution is 2.22. The molecule has 3 atom stereocenters. The fourth-order valence-corrected chi connectivity index (χ4v) is 1.87.